The Bertz CT molecular complexity index is 773. The molecule has 0 saturated carbocycles. The molecule has 0 aliphatic heterocycles. The number of nitrogens with one attached hydrogen (secondary N) is 2. The minimum atomic E-state index is -0.124. The number of nitrogens with zero attached hydrogens (tertiary/aromatic N) is 1. The summed E-state index contributed by atoms with van der Waals surface area (Å²) in [5.41, 5.74) is 2.39. The van der Waals surface area contributed by atoms with Crippen molar-refractivity contribution in [2.45, 2.75) is 6.92 Å². The molecular formula is C13H13N3O3. The predicted octanol–water partition coefficient (Wildman–Crippen LogP) is 1.50. The van der Waals surface area contributed by atoms with Gasteiger partial charge >= 0.3 is 0 Å². The van der Waals surface area contributed by atoms with Gasteiger partial charge in [0.15, 0.2) is 0 Å². The third kappa shape index (κ3) is 2.47. The Kier molecular flexibility index (Phi) is 3.61. The lowest BCUT2D eigenvalue weighted by Crippen LogP contribution is -2.06. The number of aromatic amines is 2. The molecule has 1 aromatic carbocycles. The number of ether oxygens (including phenoxy) is 1. The SMILES string of the molecule is COC=O.Cc1ccc2c(c1)[nH]c(=O)c1[nH]ncc12. The van der Waals surface area contributed by atoms with Crippen LogP contribution in [0.25, 0.3) is 21.8 Å². The van der Waals surface area contributed by atoms with Crippen LogP contribution in [0.2, 0.25) is 0 Å². The Labute approximate surface area is 108 Å². The minimum Gasteiger partial charge on any atom is -0.471 e. The van der Waals surface area contributed by atoms with Gasteiger partial charge in [-0.2, -0.15) is 5.10 Å². The fourth-order valence-corrected chi connectivity index (χ4v) is 1.84. The lowest BCUT2D eigenvalue weighted by Gasteiger charge is -1.99. The van der Waals surface area contributed by atoms with Crippen LogP contribution < -0.4 is 5.56 Å². The standard InChI is InChI=1S/C11H9N3O.C2H4O2/c1-6-2-3-7-8-5-12-14-10(8)11(15)13-9(7)4-6;1-4-2-3/h2-5H,1H3,(H,12,14)(H,13,15);2H,1H3. The van der Waals surface area contributed by atoms with Crippen molar-refractivity contribution >= 4 is 28.3 Å². The van der Waals surface area contributed by atoms with E-state index in [2.05, 4.69) is 19.9 Å². The quantitative estimate of drug-likeness (QED) is 0.648. The van der Waals surface area contributed by atoms with Gasteiger partial charge in [0.1, 0.15) is 5.52 Å². The van der Waals surface area contributed by atoms with Crippen LogP contribution in [0, 0.1) is 6.92 Å². The number of hydrogen-bond donors (Lipinski definition) is 2. The lowest BCUT2D eigenvalue weighted by molar-refractivity contribution is -0.126. The highest BCUT2D eigenvalue weighted by Crippen LogP contribution is 2.19. The van der Waals surface area contributed by atoms with Gasteiger partial charge in [-0.05, 0) is 18.6 Å². The minimum absolute atomic E-state index is 0.124. The molecule has 0 spiro atoms. The number of carbonyl (C=O) groups excluding carboxylic acids is 1. The molecular weight excluding hydrogens is 246 g/mol. The number of aromatic nitrogens is 3. The third-order valence-corrected chi connectivity index (χ3v) is 2.68. The highest BCUT2D eigenvalue weighted by Gasteiger charge is 2.05. The average Bonchev–Trinajstić information content (AvgIpc) is 2.89. The number of carbonyl (C=O) groups is 1. The zero-order chi connectivity index (χ0) is 13.8. The van der Waals surface area contributed by atoms with Gasteiger partial charge in [0, 0.05) is 16.3 Å². The molecule has 0 atom stereocenters. The number of H-pyrrole nitrogens is 2. The van der Waals surface area contributed by atoms with Gasteiger partial charge in [-0.1, -0.05) is 12.1 Å². The number of pyridine rings is 1. The van der Waals surface area contributed by atoms with Crippen molar-refractivity contribution in [1.82, 2.24) is 15.2 Å². The first-order valence-corrected chi connectivity index (χ1v) is 5.59. The number of fused-ring (bicyclic) bond motifs is 3. The van der Waals surface area contributed by atoms with Crippen LogP contribution in [0.5, 0.6) is 0 Å². The monoisotopic (exact) mass is 259 g/mol. The number of rotatable bonds is 1. The zero-order valence-corrected chi connectivity index (χ0v) is 10.6. The summed E-state index contributed by atoms with van der Waals surface area (Å²) in [5, 5.41) is 8.48. The maximum absolute atomic E-state index is 11.6. The molecule has 6 heteroatoms. The molecule has 3 rings (SSSR count). The second-order valence-electron chi connectivity index (χ2n) is 3.99. The van der Waals surface area contributed by atoms with Crippen molar-refractivity contribution in [1.29, 1.82) is 0 Å². The topological polar surface area (TPSA) is 87.8 Å². The van der Waals surface area contributed by atoms with Gasteiger partial charge in [0.05, 0.1) is 13.3 Å². The zero-order valence-electron chi connectivity index (χ0n) is 10.6. The first-order chi connectivity index (χ1) is 9.17. The molecule has 0 unspecified atom stereocenters. The molecule has 0 amide bonds. The van der Waals surface area contributed by atoms with E-state index in [1.165, 1.54) is 7.11 Å². The summed E-state index contributed by atoms with van der Waals surface area (Å²) in [6.45, 7) is 2.37. The summed E-state index contributed by atoms with van der Waals surface area (Å²) in [6.07, 6.45) is 1.68. The molecule has 0 fully saturated rings. The molecule has 0 bridgehead atoms. The van der Waals surface area contributed by atoms with Gasteiger partial charge in [-0.15, -0.1) is 0 Å². The molecule has 6 nitrogen and oxygen atoms in total. The summed E-state index contributed by atoms with van der Waals surface area (Å²) in [5.74, 6) is 0. The van der Waals surface area contributed by atoms with Gasteiger partial charge in [0.25, 0.3) is 12.0 Å². The van der Waals surface area contributed by atoms with Crippen molar-refractivity contribution in [2.24, 2.45) is 0 Å². The van der Waals surface area contributed by atoms with Crippen LogP contribution in [0.3, 0.4) is 0 Å². The Hall–Kier alpha value is -2.63. The van der Waals surface area contributed by atoms with Crippen molar-refractivity contribution in [3.63, 3.8) is 0 Å². The highest BCUT2D eigenvalue weighted by atomic mass is 16.5. The smallest absolute Gasteiger partial charge is 0.292 e. The lowest BCUT2D eigenvalue weighted by atomic mass is 10.1. The molecule has 2 aromatic heterocycles. The van der Waals surface area contributed by atoms with E-state index in [4.69, 9.17) is 4.79 Å². The van der Waals surface area contributed by atoms with Crippen molar-refractivity contribution in [2.75, 3.05) is 7.11 Å². The predicted molar refractivity (Wildman–Crippen MR) is 72.0 cm³/mol. The molecule has 0 radical (unpaired) electrons. The van der Waals surface area contributed by atoms with E-state index in [-0.39, 0.29) is 5.56 Å². The average molecular weight is 259 g/mol. The van der Waals surface area contributed by atoms with Crippen molar-refractivity contribution < 1.29 is 9.53 Å². The van der Waals surface area contributed by atoms with E-state index >= 15 is 0 Å². The van der Waals surface area contributed by atoms with Gasteiger partial charge < -0.3 is 9.72 Å². The van der Waals surface area contributed by atoms with Crippen LogP contribution in [0.4, 0.5) is 0 Å². The number of hydrogen-bond acceptors (Lipinski definition) is 4. The Morgan fingerprint density at radius 2 is 2.05 bits per heavy atom. The summed E-state index contributed by atoms with van der Waals surface area (Å²) < 4.78 is 3.86. The molecule has 2 heterocycles. The van der Waals surface area contributed by atoms with Crippen molar-refractivity contribution in [3.05, 3.63) is 40.3 Å². The number of aryl methyl sites for hydroxylation is 1. The van der Waals surface area contributed by atoms with Gasteiger partial charge in [0.2, 0.25) is 0 Å². The maximum Gasteiger partial charge on any atom is 0.292 e. The van der Waals surface area contributed by atoms with Crippen LogP contribution >= 0.6 is 0 Å². The molecule has 0 aliphatic rings. The molecule has 2 N–H and O–H groups in total. The van der Waals surface area contributed by atoms with Crippen LogP contribution in [0.15, 0.2) is 29.2 Å². The van der Waals surface area contributed by atoms with E-state index in [9.17, 15) is 4.79 Å². The van der Waals surface area contributed by atoms with E-state index < -0.39 is 0 Å². The molecule has 19 heavy (non-hydrogen) atoms. The highest BCUT2D eigenvalue weighted by molar-refractivity contribution is 6.03. The first-order valence-electron chi connectivity index (χ1n) is 5.59. The number of methoxy groups -OCH3 is 1. The van der Waals surface area contributed by atoms with E-state index in [1.807, 2.05) is 25.1 Å². The fraction of sp³-hybridized carbons (Fsp3) is 0.154. The fourth-order valence-electron chi connectivity index (χ4n) is 1.84. The second kappa shape index (κ2) is 5.34. The third-order valence-electron chi connectivity index (χ3n) is 2.68. The number of benzene rings is 1. The van der Waals surface area contributed by atoms with E-state index in [0.717, 1.165) is 21.9 Å². The molecule has 0 aliphatic carbocycles. The summed E-state index contributed by atoms with van der Waals surface area (Å²) in [4.78, 5) is 23.4. The summed E-state index contributed by atoms with van der Waals surface area (Å²) in [7, 11) is 1.31. The van der Waals surface area contributed by atoms with E-state index in [0.29, 0.717) is 12.0 Å². The largest absolute Gasteiger partial charge is 0.471 e. The molecule has 98 valence electrons. The molecule has 3 aromatic rings. The Morgan fingerprint density at radius 1 is 1.32 bits per heavy atom. The Balaban J connectivity index is 0.000000297. The van der Waals surface area contributed by atoms with Crippen molar-refractivity contribution in [3.8, 4) is 0 Å². The first kappa shape index (κ1) is 12.8. The second-order valence-corrected chi connectivity index (χ2v) is 3.99. The summed E-state index contributed by atoms with van der Waals surface area (Å²) in [6, 6.07) is 5.98. The summed E-state index contributed by atoms with van der Waals surface area (Å²) >= 11 is 0. The normalized spacial score (nSPS) is 10.0. The van der Waals surface area contributed by atoms with Gasteiger partial charge in [-0.3, -0.25) is 14.7 Å². The van der Waals surface area contributed by atoms with Crippen LogP contribution in [0.1, 0.15) is 5.56 Å². The van der Waals surface area contributed by atoms with Crippen LogP contribution in [-0.4, -0.2) is 28.8 Å². The van der Waals surface area contributed by atoms with Crippen LogP contribution in [-0.2, 0) is 9.53 Å². The molecule has 0 saturated heterocycles. The maximum atomic E-state index is 11.6. The van der Waals surface area contributed by atoms with Gasteiger partial charge in [-0.25, -0.2) is 0 Å². The van der Waals surface area contributed by atoms with E-state index in [1.54, 1.807) is 6.20 Å². The Morgan fingerprint density at radius 3 is 2.74 bits per heavy atom.